The van der Waals surface area contributed by atoms with E-state index in [1.807, 2.05) is 127 Å². The van der Waals surface area contributed by atoms with Crippen molar-refractivity contribution >= 4 is 12.2 Å². The van der Waals surface area contributed by atoms with Crippen molar-refractivity contribution in [2.75, 3.05) is 0 Å². The van der Waals surface area contributed by atoms with Crippen LogP contribution in [0.4, 0.5) is 0 Å². The minimum absolute atomic E-state index is 0. The molecule has 0 fully saturated rings. The Labute approximate surface area is 326 Å². The summed E-state index contributed by atoms with van der Waals surface area (Å²) in [6.45, 7) is 7.63. The summed E-state index contributed by atoms with van der Waals surface area (Å²) in [4.78, 5) is 13.0. The van der Waals surface area contributed by atoms with E-state index in [1.165, 1.54) is 11.1 Å². The Balaban J connectivity index is 0.000000157. The van der Waals surface area contributed by atoms with Gasteiger partial charge in [0, 0.05) is 18.6 Å². The van der Waals surface area contributed by atoms with Gasteiger partial charge in [-0.15, -0.1) is 107 Å². The molecule has 0 atom stereocenters. The van der Waals surface area contributed by atoms with Crippen LogP contribution >= 0.6 is 0 Å². The summed E-state index contributed by atoms with van der Waals surface area (Å²) in [6.07, 6.45) is 9.11. The molecular weight excluding hydrogens is 823 g/mol. The summed E-state index contributed by atoms with van der Waals surface area (Å²) in [5, 5.41) is 0. The number of hydrogen-bond donors (Lipinski definition) is 0. The summed E-state index contributed by atoms with van der Waals surface area (Å²) >= 11 is 0. The molecule has 0 saturated heterocycles. The van der Waals surface area contributed by atoms with Crippen molar-refractivity contribution in [3.8, 4) is 56.0 Å². The first-order chi connectivity index (χ1) is 25.7. The van der Waals surface area contributed by atoms with E-state index in [-0.39, 0.29) is 20.1 Å². The van der Waals surface area contributed by atoms with E-state index in [4.69, 9.17) is 0 Å². The second kappa shape index (κ2) is 19.9. The molecule has 0 aliphatic heterocycles. The molecule has 0 radical (unpaired) electrons. The Hall–Kier alpha value is -6.32. The van der Waals surface area contributed by atoms with Crippen LogP contribution < -0.4 is 0 Å². The minimum atomic E-state index is 0. The van der Waals surface area contributed by atoms with Crippen LogP contribution in [0.15, 0.2) is 196 Å². The van der Waals surface area contributed by atoms with E-state index in [2.05, 4.69) is 94.8 Å². The molecular formula is C49H36IrN3. The smallest absolute Gasteiger partial charge is 0.305 e. The first kappa shape index (κ1) is 37.9. The van der Waals surface area contributed by atoms with Crippen molar-refractivity contribution in [3.05, 3.63) is 225 Å². The second-order valence-corrected chi connectivity index (χ2v) is 11.6. The van der Waals surface area contributed by atoms with Crippen molar-refractivity contribution < 1.29 is 20.1 Å². The summed E-state index contributed by atoms with van der Waals surface area (Å²) in [5.74, 6) is 0. The third-order valence-electron chi connectivity index (χ3n) is 8.05. The third kappa shape index (κ3) is 10.8. The molecule has 0 unspecified atom stereocenters. The molecule has 0 spiro atoms. The maximum absolute atomic E-state index is 4.37. The Bertz CT molecular complexity index is 2160. The average Bonchev–Trinajstić information content (AvgIpc) is 3.25. The van der Waals surface area contributed by atoms with Crippen molar-refractivity contribution in [3.63, 3.8) is 0 Å². The van der Waals surface area contributed by atoms with Gasteiger partial charge in [0.1, 0.15) is 0 Å². The van der Waals surface area contributed by atoms with Gasteiger partial charge >= 0.3 is 20.1 Å². The van der Waals surface area contributed by atoms with Crippen molar-refractivity contribution in [2.24, 2.45) is 0 Å². The van der Waals surface area contributed by atoms with E-state index < -0.39 is 0 Å². The fourth-order valence-electron chi connectivity index (χ4n) is 5.40. The van der Waals surface area contributed by atoms with Crippen LogP contribution in [0.25, 0.3) is 68.2 Å². The van der Waals surface area contributed by atoms with Crippen LogP contribution in [-0.4, -0.2) is 15.0 Å². The Morgan fingerprint density at radius 2 is 0.792 bits per heavy atom. The molecule has 8 rings (SSSR count). The van der Waals surface area contributed by atoms with Crippen molar-refractivity contribution in [1.82, 2.24) is 15.0 Å². The number of hydrogen-bond acceptors (Lipinski definition) is 3. The minimum Gasteiger partial charge on any atom is -0.305 e. The fraction of sp³-hybridized carbons (Fsp3) is 0. The zero-order valence-corrected chi connectivity index (χ0v) is 31.5. The fourth-order valence-corrected chi connectivity index (χ4v) is 5.40. The molecule has 256 valence electrons. The van der Waals surface area contributed by atoms with Crippen LogP contribution in [0, 0.1) is 18.2 Å². The van der Waals surface area contributed by atoms with E-state index in [9.17, 15) is 0 Å². The van der Waals surface area contributed by atoms with Gasteiger partial charge in [0.25, 0.3) is 0 Å². The van der Waals surface area contributed by atoms with E-state index in [0.717, 1.165) is 56.0 Å². The number of aromatic nitrogens is 3. The predicted octanol–water partition coefficient (Wildman–Crippen LogP) is 12.3. The summed E-state index contributed by atoms with van der Waals surface area (Å²) < 4.78 is 0. The van der Waals surface area contributed by atoms with Gasteiger partial charge in [0.2, 0.25) is 0 Å². The summed E-state index contributed by atoms with van der Waals surface area (Å²) in [7, 11) is 0. The Morgan fingerprint density at radius 1 is 0.377 bits per heavy atom. The molecule has 0 bridgehead atoms. The SMILES string of the molecule is C=Cc1cccc(-c2cc[c-]c(-c3ccccn3)c2)c1.C=Cc1cccc(-c2cc[c-]c(-c3ccccn3)c2)c1.[Ir+3].[c-]1ccccc1-c1ccccn1. The number of rotatable bonds is 7. The molecule has 5 aromatic carbocycles. The molecule has 3 heterocycles. The normalized spacial score (nSPS) is 9.89. The molecule has 53 heavy (non-hydrogen) atoms. The summed E-state index contributed by atoms with van der Waals surface area (Å²) in [6, 6.07) is 64.0. The van der Waals surface area contributed by atoms with Gasteiger partial charge in [0.15, 0.2) is 0 Å². The molecule has 0 amide bonds. The molecule has 0 saturated carbocycles. The molecule has 0 N–H and O–H groups in total. The molecule has 0 aliphatic carbocycles. The topological polar surface area (TPSA) is 38.7 Å². The summed E-state index contributed by atoms with van der Waals surface area (Å²) in [5.41, 5.74) is 12.8. The van der Waals surface area contributed by atoms with Gasteiger partial charge in [-0.1, -0.05) is 98.1 Å². The van der Waals surface area contributed by atoms with Gasteiger partial charge in [0.05, 0.1) is 0 Å². The standard InChI is InChI=1S/2C19H14N.C11H8N.Ir/c2*1-2-15-7-5-8-16(13-15)17-9-6-10-18(14-17)19-11-3-4-12-20-19;1-2-6-10(7-3-1)11-8-4-5-9-12-11;/h2*2-9,11-14H,1H2;1-6,8-9H;/q3*-1;+3. The van der Waals surface area contributed by atoms with Gasteiger partial charge in [-0.2, -0.15) is 0 Å². The molecule has 4 heteroatoms. The van der Waals surface area contributed by atoms with Crippen LogP contribution in [0.5, 0.6) is 0 Å². The van der Waals surface area contributed by atoms with Crippen LogP contribution in [0.3, 0.4) is 0 Å². The number of pyridine rings is 3. The van der Waals surface area contributed by atoms with Crippen LogP contribution in [0.1, 0.15) is 11.1 Å². The van der Waals surface area contributed by atoms with E-state index in [0.29, 0.717) is 0 Å². The number of benzene rings is 5. The van der Waals surface area contributed by atoms with Crippen LogP contribution in [-0.2, 0) is 20.1 Å². The Morgan fingerprint density at radius 3 is 1.19 bits per heavy atom. The maximum Gasteiger partial charge on any atom is 3.00 e. The quantitative estimate of drug-likeness (QED) is 0.150. The van der Waals surface area contributed by atoms with Gasteiger partial charge < -0.3 is 15.0 Å². The average molecular weight is 859 g/mol. The Kier molecular flexibility index (Phi) is 14.2. The zero-order valence-electron chi connectivity index (χ0n) is 29.1. The largest absolute Gasteiger partial charge is 3.00 e. The maximum atomic E-state index is 4.37. The molecule has 3 nitrogen and oxygen atoms in total. The first-order valence-electron chi connectivity index (χ1n) is 16.9. The zero-order chi connectivity index (χ0) is 35.8. The molecule has 3 aromatic heterocycles. The molecule has 8 aromatic rings. The molecule has 0 aliphatic rings. The second-order valence-electron chi connectivity index (χ2n) is 11.6. The van der Waals surface area contributed by atoms with Gasteiger partial charge in [-0.3, -0.25) is 0 Å². The third-order valence-corrected chi connectivity index (χ3v) is 8.05. The predicted molar refractivity (Wildman–Crippen MR) is 217 cm³/mol. The monoisotopic (exact) mass is 859 g/mol. The van der Waals surface area contributed by atoms with Crippen molar-refractivity contribution in [1.29, 1.82) is 0 Å². The van der Waals surface area contributed by atoms with Crippen LogP contribution in [0.2, 0.25) is 0 Å². The number of nitrogens with zero attached hydrogens (tertiary/aromatic N) is 3. The van der Waals surface area contributed by atoms with Crippen molar-refractivity contribution in [2.45, 2.75) is 0 Å². The van der Waals surface area contributed by atoms with E-state index >= 15 is 0 Å². The van der Waals surface area contributed by atoms with Gasteiger partial charge in [-0.05, 0) is 69.7 Å². The van der Waals surface area contributed by atoms with E-state index in [1.54, 1.807) is 18.6 Å². The van der Waals surface area contributed by atoms with Gasteiger partial charge in [-0.25, -0.2) is 0 Å². The first-order valence-corrected chi connectivity index (χ1v) is 16.9.